The number of rotatable bonds is 5. The molecule has 114 valence electrons. The van der Waals surface area contributed by atoms with Gasteiger partial charge in [-0.15, -0.1) is 0 Å². The number of benzene rings is 1. The molecule has 0 aliphatic carbocycles. The van der Waals surface area contributed by atoms with Gasteiger partial charge in [0.2, 0.25) is 0 Å². The number of piperidine rings is 1. The molecule has 1 aliphatic heterocycles. The number of nitro groups is 1. The van der Waals surface area contributed by atoms with Crippen molar-refractivity contribution in [2.45, 2.75) is 31.7 Å². The lowest BCUT2D eigenvalue weighted by molar-refractivity contribution is -0.384. The van der Waals surface area contributed by atoms with Crippen LogP contribution < -0.4 is 4.90 Å². The van der Waals surface area contributed by atoms with Crippen LogP contribution in [0.2, 0.25) is 0 Å². The molecule has 0 amide bonds. The van der Waals surface area contributed by atoms with Crippen molar-refractivity contribution in [3.05, 3.63) is 33.9 Å². The van der Waals surface area contributed by atoms with Crippen LogP contribution >= 0.6 is 0 Å². The second-order valence-corrected chi connectivity index (χ2v) is 5.12. The number of anilines is 1. The number of non-ortho nitro benzene ring substituents is 1. The lowest BCUT2D eigenvalue weighted by atomic mass is 9.97. The highest BCUT2D eigenvalue weighted by Gasteiger charge is 2.27. The van der Waals surface area contributed by atoms with Crippen LogP contribution in [0.5, 0.6) is 0 Å². The van der Waals surface area contributed by atoms with Gasteiger partial charge in [-0.25, -0.2) is 4.79 Å². The summed E-state index contributed by atoms with van der Waals surface area (Å²) in [5, 5.41) is 29.4. The number of hydrogen-bond donors (Lipinski definition) is 2. The maximum absolute atomic E-state index is 11.4. The summed E-state index contributed by atoms with van der Waals surface area (Å²) in [7, 11) is 0. The highest BCUT2D eigenvalue weighted by atomic mass is 16.6. The van der Waals surface area contributed by atoms with Crippen molar-refractivity contribution in [3.63, 3.8) is 0 Å². The van der Waals surface area contributed by atoms with Gasteiger partial charge in [-0.05, 0) is 31.7 Å². The van der Waals surface area contributed by atoms with Gasteiger partial charge in [-0.3, -0.25) is 10.1 Å². The van der Waals surface area contributed by atoms with Gasteiger partial charge in [0.15, 0.2) is 0 Å². The summed E-state index contributed by atoms with van der Waals surface area (Å²) in [6.07, 6.45) is 3.30. The van der Waals surface area contributed by atoms with Gasteiger partial charge < -0.3 is 15.1 Å². The molecule has 0 bridgehead atoms. The van der Waals surface area contributed by atoms with Crippen LogP contribution in [-0.2, 0) is 0 Å². The number of aliphatic hydroxyl groups is 1. The van der Waals surface area contributed by atoms with Gasteiger partial charge in [0.25, 0.3) is 5.69 Å². The first-order chi connectivity index (χ1) is 10.0. The smallest absolute Gasteiger partial charge is 0.337 e. The van der Waals surface area contributed by atoms with Crippen LogP contribution in [0.4, 0.5) is 11.4 Å². The van der Waals surface area contributed by atoms with Gasteiger partial charge in [0, 0.05) is 31.3 Å². The van der Waals surface area contributed by atoms with Gasteiger partial charge in [-0.2, -0.15) is 0 Å². The number of nitro benzene ring substituents is 1. The number of aromatic carboxylic acids is 1. The second-order valence-electron chi connectivity index (χ2n) is 5.12. The molecular weight excluding hydrogens is 276 g/mol. The van der Waals surface area contributed by atoms with Crippen LogP contribution in [-0.4, -0.2) is 40.3 Å². The molecule has 7 heteroatoms. The predicted octanol–water partition coefficient (Wildman–Crippen LogP) is 2.03. The Morgan fingerprint density at radius 1 is 1.43 bits per heavy atom. The van der Waals surface area contributed by atoms with E-state index in [1.54, 1.807) is 0 Å². The zero-order valence-corrected chi connectivity index (χ0v) is 11.6. The molecule has 1 atom stereocenters. The first-order valence-corrected chi connectivity index (χ1v) is 6.94. The minimum Gasteiger partial charge on any atom is -0.478 e. The summed E-state index contributed by atoms with van der Waals surface area (Å²) in [6.45, 7) is 0.657. The molecule has 0 spiro atoms. The van der Waals surface area contributed by atoms with Gasteiger partial charge in [0.1, 0.15) is 0 Å². The van der Waals surface area contributed by atoms with Crippen molar-refractivity contribution in [2.75, 3.05) is 18.1 Å². The third-order valence-corrected chi connectivity index (χ3v) is 3.82. The standard InChI is InChI=1S/C14H18N2O5/c17-8-6-10-3-1-2-7-15(10)13-9-11(16(20)21)4-5-12(13)14(18)19/h4-5,9-10,17H,1-3,6-8H2,(H,18,19). The Balaban J connectivity index is 2.44. The van der Waals surface area contributed by atoms with Crippen LogP contribution in [0.1, 0.15) is 36.0 Å². The number of aliphatic hydroxyl groups excluding tert-OH is 1. The SMILES string of the molecule is O=C(O)c1ccc([N+](=O)[O-])cc1N1CCCCC1CCO. The van der Waals surface area contributed by atoms with E-state index in [4.69, 9.17) is 5.11 Å². The van der Waals surface area contributed by atoms with E-state index in [-0.39, 0.29) is 23.9 Å². The summed E-state index contributed by atoms with van der Waals surface area (Å²) < 4.78 is 0. The first kappa shape index (κ1) is 15.2. The van der Waals surface area contributed by atoms with Crippen molar-refractivity contribution in [3.8, 4) is 0 Å². The topological polar surface area (TPSA) is 104 Å². The number of nitrogens with zero attached hydrogens (tertiary/aromatic N) is 2. The molecule has 1 unspecified atom stereocenters. The van der Waals surface area contributed by atoms with E-state index < -0.39 is 10.9 Å². The van der Waals surface area contributed by atoms with E-state index >= 15 is 0 Å². The van der Waals surface area contributed by atoms with Crippen molar-refractivity contribution >= 4 is 17.3 Å². The molecule has 2 rings (SSSR count). The molecule has 1 aromatic carbocycles. The molecule has 1 fully saturated rings. The summed E-state index contributed by atoms with van der Waals surface area (Å²) in [5.74, 6) is -1.10. The predicted molar refractivity (Wildman–Crippen MR) is 76.7 cm³/mol. The molecule has 0 saturated carbocycles. The van der Waals surface area contributed by atoms with Crippen molar-refractivity contribution < 1.29 is 19.9 Å². The molecule has 1 saturated heterocycles. The molecule has 1 heterocycles. The van der Waals surface area contributed by atoms with Crippen molar-refractivity contribution in [2.24, 2.45) is 0 Å². The highest BCUT2D eigenvalue weighted by Crippen LogP contribution is 2.32. The fraction of sp³-hybridized carbons (Fsp3) is 0.500. The van der Waals surface area contributed by atoms with E-state index in [0.717, 1.165) is 19.3 Å². The number of carboxylic acid groups (broad SMARTS) is 1. The summed E-state index contributed by atoms with van der Waals surface area (Å²) in [5.41, 5.74) is 0.309. The van der Waals surface area contributed by atoms with Crippen LogP contribution in [0, 0.1) is 10.1 Å². The quantitative estimate of drug-likeness (QED) is 0.636. The monoisotopic (exact) mass is 294 g/mol. The lowest BCUT2D eigenvalue weighted by Gasteiger charge is -2.38. The largest absolute Gasteiger partial charge is 0.478 e. The molecule has 7 nitrogen and oxygen atoms in total. The Hall–Kier alpha value is -2.15. The third kappa shape index (κ3) is 3.30. The number of carboxylic acids is 1. The Morgan fingerprint density at radius 3 is 2.81 bits per heavy atom. The zero-order valence-electron chi connectivity index (χ0n) is 11.6. The Bertz CT molecular complexity index is 544. The molecule has 0 aromatic heterocycles. The van der Waals surface area contributed by atoms with Gasteiger partial charge in [-0.1, -0.05) is 0 Å². The average Bonchev–Trinajstić information content (AvgIpc) is 2.47. The summed E-state index contributed by atoms with van der Waals surface area (Å²) >= 11 is 0. The van der Waals surface area contributed by atoms with Gasteiger partial charge in [0.05, 0.1) is 16.2 Å². The first-order valence-electron chi connectivity index (χ1n) is 6.94. The minimum absolute atomic E-state index is 0.0124. The van der Waals surface area contributed by atoms with Gasteiger partial charge >= 0.3 is 5.97 Å². The van der Waals surface area contributed by atoms with Crippen molar-refractivity contribution in [1.82, 2.24) is 0 Å². The third-order valence-electron chi connectivity index (χ3n) is 3.82. The minimum atomic E-state index is -1.10. The summed E-state index contributed by atoms with van der Waals surface area (Å²) in [6, 6.07) is 3.82. The van der Waals surface area contributed by atoms with Crippen LogP contribution in [0.15, 0.2) is 18.2 Å². The van der Waals surface area contributed by atoms with E-state index in [1.165, 1.54) is 18.2 Å². The van der Waals surface area contributed by atoms with Crippen LogP contribution in [0.25, 0.3) is 0 Å². The summed E-state index contributed by atoms with van der Waals surface area (Å²) in [4.78, 5) is 23.6. The number of carbonyl (C=O) groups is 1. The molecule has 2 N–H and O–H groups in total. The molecule has 21 heavy (non-hydrogen) atoms. The fourth-order valence-corrected chi connectivity index (χ4v) is 2.82. The maximum Gasteiger partial charge on any atom is 0.337 e. The Kier molecular flexibility index (Phi) is 4.74. The Labute approximate surface area is 122 Å². The molecule has 1 aromatic rings. The van der Waals surface area contributed by atoms with E-state index in [9.17, 15) is 20.0 Å². The average molecular weight is 294 g/mol. The normalized spacial score (nSPS) is 18.5. The van der Waals surface area contributed by atoms with Crippen molar-refractivity contribution in [1.29, 1.82) is 0 Å². The van der Waals surface area contributed by atoms with E-state index in [1.807, 2.05) is 4.90 Å². The second kappa shape index (κ2) is 6.53. The maximum atomic E-state index is 11.4. The van der Waals surface area contributed by atoms with E-state index in [2.05, 4.69) is 0 Å². The van der Waals surface area contributed by atoms with E-state index in [0.29, 0.717) is 18.7 Å². The highest BCUT2D eigenvalue weighted by molar-refractivity contribution is 5.95. The molecule has 0 radical (unpaired) electrons. The number of hydrogen-bond acceptors (Lipinski definition) is 5. The lowest BCUT2D eigenvalue weighted by Crippen LogP contribution is -2.41. The Morgan fingerprint density at radius 2 is 2.19 bits per heavy atom. The zero-order chi connectivity index (χ0) is 15.4. The van der Waals surface area contributed by atoms with Crippen LogP contribution in [0.3, 0.4) is 0 Å². The molecule has 1 aliphatic rings. The fourth-order valence-electron chi connectivity index (χ4n) is 2.82. The molecular formula is C14H18N2O5.